The lowest BCUT2D eigenvalue weighted by atomic mass is 10.1. The first kappa shape index (κ1) is 16.2. The van der Waals surface area contributed by atoms with Gasteiger partial charge in [-0.25, -0.2) is 18.1 Å². The third kappa shape index (κ3) is 5.47. The molecule has 2 N–H and O–H groups in total. The van der Waals surface area contributed by atoms with Gasteiger partial charge < -0.3 is 14.6 Å². The van der Waals surface area contributed by atoms with Gasteiger partial charge in [-0.1, -0.05) is 20.2 Å². The van der Waals surface area contributed by atoms with Crippen LogP contribution in [0.3, 0.4) is 0 Å². The Morgan fingerprint density at radius 1 is 1.36 bits per heavy atom. The number of aromatic amines is 1. The number of ether oxygens (including phenoxy) is 1. The summed E-state index contributed by atoms with van der Waals surface area (Å²) in [4.78, 5) is 20.6. The third-order valence-corrected chi connectivity index (χ3v) is 7.02. The van der Waals surface area contributed by atoms with Gasteiger partial charge in [-0.3, -0.25) is 9.48 Å². The lowest BCUT2D eigenvalue weighted by Crippen LogP contribution is -2.31. The van der Waals surface area contributed by atoms with Crippen molar-refractivity contribution in [1.82, 2.24) is 29.4 Å². The largest absolute Gasteiger partial charge is 0.493 e. The Morgan fingerprint density at radius 2 is 2.22 bits per heavy atom. The third-order valence-electron chi connectivity index (χ3n) is 5.78. The minimum atomic E-state index is -4.81. The number of likely N-dealkylation sites (tertiary alicyclic amines) is 1. The van der Waals surface area contributed by atoms with E-state index in [-0.39, 0.29) is 66.3 Å². The molecular weight excluding hydrogens is 480 g/mol. The number of H-pyrrole nitrogens is 1. The number of aryl methyl sites for hydroxylation is 2. The summed E-state index contributed by atoms with van der Waals surface area (Å²) in [5, 5.41) is 4.26. The summed E-state index contributed by atoms with van der Waals surface area (Å²) in [7, 11) is -3.31. The SMILES string of the molecule is [2H]C([2H])([2H])CCc1nn(C)c2c(=O)[nH]c(-c3cc(S(=O)(=O)NC([2H])([2H])C([2H])([2H])C4CCCN4C([2H])([2H])[2H])ccc3OCCC)nc12. The van der Waals surface area contributed by atoms with E-state index < -0.39 is 53.2 Å². The standard InChI is InChI=1S/C25H36N6O4S/c1-5-8-20-22-23(31(4)29-20)25(32)28-24(27-22)19-16-18(10-11-21(19)35-15-6-2)36(33,34)26-13-12-17-9-7-14-30(17)3/h10-11,16-17,26H,5-9,12-15H2,1-4H3,(H,27,28,32)/i1D3,3D3,12D2,13D2. The molecule has 0 aliphatic carbocycles. The minimum absolute atomic E-state index is 0.00348. The summed E-state index contributed by atoms with van der Waals surface area (Å²) in [5.74, 6) is 0.00949. The number of hydrogen-bond acceptors (Lipinski definition) is 7. The number of hydrogen-bond donors (Lipinski definition) is 2. The first-order chi connectivity index (χ1) is 21.1. The molecule has 1 fully saturated rings. The normalized spacial score (nSPS) is 22.3. The van der Waals surface area contributed by atoms with Crippen molar-refractivity contribution >= 4 is 21.1 Å². The van der Waals surface area contributed by atoms with E-state index >= 15 is 0 Å². The highest BCUT2D eigenvalue weighted by atomic mass is 32.2. The topological polar surface area (TPSA) is 122 Å². The summed E-state index contributed by atoms with van der Waals surface area (Å²) in [6.07, 6.45) is -2.33. The van der Waals surface area contributed by atoms with E-state index in [2.05, 4.69) is 15.1 Å². The second-order valence-corrected chi connectivity index (χ2v) is 10.1. The van der Waals surface area contributed by atoms with Crippen LogP contribution in [0.15, 0.2) is 27.9 Å². The van der Waals surface area contributed by atoms with E-state index in [4.69, 9.17) is 18.4 Å². The van der Waals surface area contributed by atoms with Gasteiger partial charge in [-0.05, 0) is 63.8 Å². The second-order valence-electron chi connectivity index (χ2n) is 8.41. The fraction of sp³-hybridized carbons (Fsp3) is 0.560. The number of benzene rings is 1. The van der Waals surface area contributed by atoms with Crippen LogP contribution in [0.1, 0.15) is 65.2 Å². The Bertz CT molecular complexity index is 1750. The molecule has 10 nitrogen and oxygen atoms in total. The molecule has 4 rings (SSSR count). The average Bonchev–Trinajstić information content (AvgIpc) is 3.55. The van der Waals surface area contributed by atoms with E-state index in [9.17, 15) is 13.2 Å². The van der Waals surface area contributed by atoms with Crippen LogP contribution >= 0.6 is 0 Å². The summed E-state index contributed by atoms with van der Waals surface area (Å²) in [6.45, 7) is -6.16. The van der Waals surface area contributed by atoms with Gasteiger partial charge in [0.1, 0.15) is 17.1 Å². The number of sulfonamides is 1. The molecule has 1 aliphatic heterocycles. The van der Waals surface area contributed by atoms with Crippen molar-refractivity contribution in [3.8, 4) is 17.1 Å². The smallest absolute Gasteiger partial charge is 0.277 e. The molecule has 3 aromatic rings. The summed E-state index contributed by atoms with van der Waals surface area (Å²) in [6, 6.07) is 2.07. The van der Waals surface area contributed by atoms with Crippen molar-refractivity contribution in [3.05, 3.63) is 34.2 Å². The van der Waals surface area contributed by atoms with Crippen LogP contribution in [0.25, 0.3) is 22.4 Å². The Hall–Kier alpha value is -2.76. The van der Waals surface area contributed by atoms with Gasteiger partial charge in [0.25, 0.3) is 5.56 Å². The quantitative estimate of drug-likeness (QED) is 0.394. The van der Waals surface area contributed by atoms with E-state index in [0.29, 0.717) is 12.8 Å². The molecule has 1 unspecified atom stereocenters. The molecule has 1 atom stereocenters. The second kappa shape index (κ2) is 11.1. The average molecular weight is 527 g/mol. The van der Waals surface area contributed by atoms with Crippen molar-refractivity contribution < 1.29 is 26.9 Å². The lowest BCUT2D eigenvalue weighted by Gasteiger charge is -2.19. The van der Waals surface area contributed by atoms with Crippen LogP contribution < -0.4 is 15.0 Å². The molecule has 1 aliphatic rings. The van der Waals surface area contributed by atoms with Gasteiger partial charge in [-0.15, -0.1) is 0 Å². The zero-order valence-corrected chi connectivity index (χ0v) is 20.9. The summed E-state index contributed by atoms with van der Waals surface area (Å²) < 4.78 is 116. The number of rotatable bonds is 11. The maximum absolute atomic E-state index is 13.6. The number of aromatic nitrogens is 4. The first-order valence-electron chi connectivity index (χ1n) is 16.6. The molecule has 0 radical (unpaired) electrons. The molecule has 11 heteroatoms. The first-order valence-corrected chi connectivity index (χ1v) is 13.1. The number of nitrogens with one attached hydrogen (secondary N) is 2. The fourth-order valence-electron chi connectivity index (χ4n) is 4.02. The van der Waals surface area contributed by atoms with Gasteiger partial charge in [0.15, 0.2) is 5.52 Å². The van der Waals surface area contributed by atoms with Gasteiger partial charge >= 0.3 is 0 Å². The molecule has 36 heavy (non-hydrogen) atoms. The summed E-state index contributed by atoms with van der Waals surface area (Å²) >= 11 is 0. The zero-order valence-electron chi connectivity index (χ0n) is 30.1. The van der Waals surface area contributed by atoms with Crippen LogP contribution in [0.4, 0.5) is 0 Å². The van der Waals surface area contributed by atoms with Crippen LogP contribution in [-0.4, -0.2) is 65.7 Å². The molecule has 3 heterocycles. The molecule has 2 aromatic heterocycles. The fourth-order valence-corrected chi connectivity index (χ4v) is 4.85. The molecular formula is C25H36N6O4S. The summed E-state index contributed by atoms with van der Waals surface area (Å²) in [5.41, 5.74) is -0.204. The van der Waals surface area contributed by atoms with Crippen LogP contribution in [0.2, 0.25) is 0 Å². The molecule has 0 saturated carbocycles. The van der Waals surface area contributed by atoms with Crippen LogP contribution in [0.5, 0.6) is 5.75 Å². The van der Waals surface area contributed by atoms with Gasteiger partial charge in [0, 0.05) is 33.3 Å². The Balaban J connectivity index is 1.77. The zero-order chi connectivity index (χ0) is 34.5. The predicted molar refractivity (Wildman–Crippen MR) is 140 cm³/mol. The Labute approximate surface area is 226 Å². The molecule has 1 aromatic carbocycles. The molecule has 0 amide bonds. The van der Waals surface area contributed by atoms with E-state index in [1.54, 1.807) is 4.72 Å². The van der Waals surface area contributed by atoms with E-state index in [1.807, 2.05) is 6.92 Å². The molecule has 1 saturated heterocycles. The van der Waals surface area contributed by atoms with Gasteiger partial charge in [-0.2, -0.15) is 5.10 Å². The van der Waals surface area contributed by atoms with E-state index in [1.165, 1.54) is 17.8 Å². The Morgan fingerprint density at radius 3 is 3.00 bits per heavy atom. The minimum Gasteiger partial charge on any atom is -0.493 e. The number of nitrogens with zero attached hydrogens (tertiary/aromatic N) is 4. The molecule has 0 bridgehead atoms. The Kier molecular flexibility index (Phi) is 4.98. The van der Waals surface area contributed by atoms with Crippen molar-refractivity contribution in [2.75, 3.05) is 26.6 Å². The highest BCUT2D eigenvalue weighted by molar-refractivity contribution is 7.89. The van der Waals surface area contributed by atoms with Crippen LogP contribution in [0, 0.1) is 0 Å². The van der Waals surface area contributed by atoms with Crippen LogP contribution in [-0.2, 0) is 23.5 Å². The highest BCUT2D eigenvalue weighted by Gasteiger charge is 2.23. The number of fused-ring (bicyclic) bond motifs is 1. The van der Waals surface area contributed by atoms with Gasteiger partial charge in [0.2, 0.25) is 10.0 Å². The van der Waals surface area contributed by atoms with Crippen molar-refractivity contribution in [2.24, 2.45) is 7.05 Å². The maximum atomic E-state index is 13.6. The maximum Gasteiger partial charge on any atom is 0.277 e. The van der Waals surface area contributed by atoms with Crippen molar-refractivity contribution in [2.45, 2.75) is 63.2 Å². The lowest BCUT2D eigenvalue weighted by molar-refractivity contribution is 0.297. The van der Waals surface area contributed by atoms with Crippen molar-refractivity contribution in [1.29, 1.82) is 0 Å². The van der Waals surface area contributed by atoms with Gasteiger partial charge in [0.05, 0.1) is 22.8 Å². The van der Waals surface area contributed by atoms with E-state index in [0.717, 1.165) is 17.0 Å². The highest BCUT2D eigenvalue weighted by Crippen LogP contribution is 2.31. The van der Waals surface area contributed by atoms with Crippen molar-refractivity contribution in [3.63, 3.8) is 0 Å². The monoisotopic (exact) mass is 526 g/mol. The molecule has 196 valence electrons. The predicted octanol–water partition coefficient (Wildman–Crippen LogP) is 2.83. The molecule has 0 spiro atoms.